The third-order valence-electron chi connectivity index (χ3n) is 3.23. The molecule has 0 saturated heterocycles. The fourth-order valence-corrected chi connectivity index (χ4v) is 1.97. The Morgan fingerprint density at radius 1 is 1.55 bits per heavy atom. The van der Waals surface area contributed by atoms with Gasteiger partial charge in [-0.1, -0.05) is 5.92 Å². The van der Waals surface area contributed by atoms with Gasteiger partial charge in [0.1, 0.15) is 5.82 Å². The largest absolute Gasteiger partial charge is 0.395 e. The molecule has 0 atom stereocenters. The van der Waals surface area contributed by atoms with Crippen LogP contribution in [0.2, 0.25) is 0 Å². The summed E-state index contributed by atoms with van der Waals surface area (Å²) in [5.41, 5.74) is 0.486. The zero-order chi connectivity index (χ0) is 14.4. The molecule has 1 aromatic rings. The van der Waals surface area contributed by atoms with E-state index in [1.54, 1.807) is 12.3 Å². The van der Waals surface area contributed by atoms with Crippen molar-refractivity contribution in [2.24, 2.45) is 5.92 Å². The van der Waals surface area contributed by atoms with Gasteiger partial charge >= 0.3 is 0 Å². The summed E-state index contributed by atoms with van der Waals surface area (Å²) in [7, 11) is 0. The number of nitrogens with one attached hydrogen (secondary N) is 1. The molecule has 1 heterocycles. The Balaban J connectivity index is 2.01. The molecular formula is C15H19N3O2. The maximum Gasteiger partial charge on any atom is 0.253 e. The Morgan fingerprint density at radius 3 is 2.90 bits per heavy atom. The molecule has 2 N–H and O–H groups in total. The third kappa shape index (κ3) is 3.97. The fourth-order valence-electron chi connectivity index (χ4n) is 1.97. The van der Waals surface area contributed by atoms with Crippen LogP contribution >= 0.6 is 0 Å². The molecule has 5 heteroatoms. The first-order valence-corrected chi connectivity index (χ1v) is 6.78. The van der Waals surface area contributed by atoms with Crippen molar-refractivity contribution in [1.29, 1.82) is 0 Å². The number of hydrogen-bond donors (Lipinski definition) is 2. The second-order valence-electron chi connectivity index (χ2n) is 4.90. The molecule has 2 rings (SSSR count). The molecule has 20 heavy (non-hydrogen) atoms. The number of aromatic nitrogens is 1. The summed E-state index contributed by atoms with van der Waals surface area (Å²) in [5.74, 6) is 3.63. The van der Waals surface area contributed by atoms with Crippen molar-refractivity contribution in [2.75, 3.05) is 31.1 Å². The average molecular weight is 273 g/mol. The maximum absolute atomic E-state index is 11.7. The smallest absolute Gasteiger partial charge is 0.253 e. The van der Waals surface area contributed by atoms with Gasteiger partial charge in [0.05, 0.1) is 18.7 Å². The van der Waals surface area contributed by atoms with E-state index in [1.165, 1.54) is 12.8 Å². The van der Waals surface area contributed by atoms with Crippen LogP contribution in [0.5, 0.6) is 0 Å². The van der Waals surface area contributed by atoms with Gasteiger partial charge in [-0.05, 0) is 30.9 Å². The van der Waals surface area contributed by atoms with E-state index in [0.29, 0.717) is 18.0 Å². The summed E-state index contributed by atoms with van der Waals surface area (Å²) < 4.78 is 0. The number of carbonyl (C=O) groups is 1. The monoisotopic (exact) mass is 273 g/mol. The number of nitrogens with zero attached hydrogens (tertiary/aromatic N) is 2. The molecule has 0 aliphatic heterocycles. The minimum absolute atomic E-state index is 0.0960. The predicted octanol–water partition coefficient (Wildman–Crippen LogP) is 0.653. The SMILES string of the molecule is C#CCNC(=O)c1ccc(N(CCO)CC2CC2)nc1. The van der Waals surface area contributed by atoms with Gasteiger partial charge in [-0.25, -0.2) is 4.98 Å². The summed E-state index contributed by atoms with van der Waals surface area (Å²) in [6, 6.07) is 3.54. The van der Waals surface area contributed by atoms with Gasteiger partial charge in [0.25, 0.3) is 5.91 Å². The second kappa shape index (κ2) is 6.92. The molecule has 0 unspecified atom stereocenters. The fraction of sp³-hybridized carbons (Fsp3) is 0.467. The summed E-state index contributed by atoms with van der Waals surface area (Å²) >= 11 is 0. The molecule has 0 spiro atoms. The van der Waals surface area contributed by atoms with Crippen molar-refractivity contribution in [1.82, 2.24) is 10.3 Å². The van der Waals surface area contributed by atoms with Crippen molar-refractivity contribution in [3.8, 4) is 12.3 Å². The molecule has 0 radical (unpaired) electrons. The predicted molar refractivity (Wildman–Crippen MR) is 77.4 cm³/mol. The Morgan fingerprint density at radius 2 is 2.35 bits per heavy atom. The lowest BCUT2D eigenvalue weighted by atomic mass is 10.2. The van der Waals surface area contributed by atoms with Gasteiger partial charge in [-0.15, -0.1) is 6.42 Å². The minimum atomic E-state index is -0.224. The van der Waals surface area contributed by atoms with E-state index >= 15 is 0 Å². The highest BCUT2D eigenvalue weighted by molar-refractivity contribution is 5.94. The van der Waals surface area contributed by atoms with Crippen molar-refractivity contribution >= 4 is 11.7 Å². The molecule has 106 valence electrons. The molecule has 0 aromatic carbocycles. The van der Waals surface area contributed by atoms with Crippen molar-refractivity contribution in [2.45, 2.75) is 12.8 Å². The van der Waals surface area contributed by atoms with E-state index in [9.17, 15) is 4.79 Å². The van der Waals surface area contributed by atoms with Crippen LogP contribution in [0, 0.1) is 18.3 Å². The quantitative estimate of drug-likeness (QED) is 0.716. The first-order valence-electron chi connectivity index (χ1n) is 6.78. The average Bonchev–Trinajstić information content (AvgIpc) is 3.28. The number of hydrogen-bond acceptors (Lipinski definition) is 4. The molecule has 1 aliphatic rings. The van der Waals surface area contributed by atoms with Gasteiger partial charge < -0.3 is 15.3 Å². The van der Waals surface area contributed by atoms with Crippen LogP contribution in [0.4, 0.5) is 5.82 Å². The number of carbonyl (C=O) groups excluding carboxylic acids is 1. The second-order valence-corrected chi connectivity index (χ2v) is 4.90. The van der Waals surface area contributed by atoms with Crippen molar-refractivity contribution < 1.29 is 9.90 Å². The Hall–Kier alpha value is -2.06. The molecule has 1 saturated carbocycles. The van der Waals surface area contributed by atoms with Crippen LogP contribution in [0.1, 0.15) is 23.2 Å². The molecular weight excluding hydrogens is 254 g/mol. The highest BCUT2D eigenvalue weighted by atomic mass is 16.3. The summed E-state index contributed by atoms with van der Waals surface area (Å²) in [6.45, 7) is 1.78. The highest BCUT2D eigenvalue weighted by Gasteiger charge is 2.24. The number of amides is 1. The van der Waals surface area contributed by atoms with E-state index in [-0.39, 0.29) is 19.1 Å². The normalized spacial score (nSPS) is 13.6. The van der Waals surface area contributed by atoms with Crippen LogP contribution in [-0.4, -0.2) is 42.2 Å². The van der Waals surface area contributed by atoms with Crippen molar-refractivity contribution in [3.05, 3.63) is 23.9 Å². The molecule has 1 amide bonds. The van der Waals surface area contributed by atoms with E-state index in [2.05, 4.69) is 21.1 Å². The number of aliphatic hydroxyl groups is 1. The van der Waals surface area contributed by atoms with E-state index < -0.39 is 0 Å². The topological polar surface area (TPSA) is 65.5 Å². The first kappa shape index (κ1) is 14.4. The highest BCUT2D eigenvalue weighted by Crippen LogP contribution is 2.30. The Kier molecular flexibility index (Phi) is 4.97. The molecule has 5 nitrogen and oxygen atoms in total. The number of aliphatic hydroxyl groups excluding tert-OH is 1. The molecule has 1 fully saturated rings. The first-order chi connectivity index (χ1) is 9.74. The van der Waals surface area contributed by atoms with Gasteiger partial charge in [0, 0.05) is 19.3 Å². The molecule has 0 bridgehead atoms. The lowest BCUT2D eigenvalue weighted by Crippen LogP contribution is -2.30. The number of pyridine rings is 1. The van der Waals surface area contributed by atoms with Crippen LogP contribution in [-0.2, 0) is 0 Å². The lowest BCUT2D eigenvalue weighted by molar-refractivity contribution is 0.0958. The van der Waals surface area contributed by atoms with E-state index in [1.807, 2.05) is 6.07 Å². The number of rotatable bonds is 7. The standard InChI is InChI=1S/C15H19N3O2/c1-2-7-16-15(20)13-5-6-14(17-10-13)18(8-9-19)11-12-3-4-12/h1,5-6,10,12,19H,3-4,7-9,11H2,(H,16,20). The number of terminal acetylenes is 1. The van der Waals surface area contributed by atoms with Gasteiger partial charge in [0.2, 0.25) is 0 Å². The zero-order valence-corrected chi connectivity index (χ0v) is 11.4. The van der Waals surface area contributed by atoms with Crippen molar-refractivity contribution in [3.63, 3.8) is 0 Å². The number of anilines is 1. The van der Waals surface area contributed by atoms with Crippen LogP contribution in [0.3, 0.4) is 0 Å². The summed E-state index contributed by atoms with van der Waals surface area (Å²) in [5, 5.41) is 11.7. The minimum Gasteiger partial charge on any atom is -0.395 e. The zero-order valence-electron chi connectivity index (χ0n) is 11.4. The van der Waals surface area contributed by atoms with Crippen LogP contribution in [0.25, 0.3) is 0 Å². The van der Waals surface area contributed by atoms with E-state index in [0.717, 1.165) is 12.4 Å². The Bertz CT molecular complexity index is 489. The molecule has 1 aliphatic carbocycles. The Labute approximate surface area is 119 Å². The summed E-state index contributed by atoms with van der Waals surface area (Å²) in [6.07, 6.45) is 9.12. The van der Waals surface area contributed by atoms with Crippen LogP contribution < -0.4 is 10.2 Å². The summed E-state index contributed by atoms with van der Waals surface area (Å²) in [4.78, 5) is 18.1. The van der Waals surface area contributed by atoms with E-state index in [4.69, 9.17) is 11.5 Å². The maximum atomic E-state index is 11.7. The lowest BCUT2D eigenvalue weighted by Gasteiger charge is -2.22. The van der Waals surface area contributed by atoms with Crippen LogP contribution in [0.15, 0.2) is 18.3 Å². The third-order valence-corrected chi connectivity index (χ3v) is 3.23. The van der Waals surface area contributed by atoms with Gasteiger partial charge in [-0.3, -0.25) is 4.79 Å². The molecule has 1 aromatic heterocycles. The van der Waals surface area contributed by atoms with Gasteiger partial charge in [-0.2, -0.15) is 0 Å². The van der Waals surface area contributed by atoms with Gasteiger partial charge in [0.15, 0.2) is 0 Å².